The molecule has 5 heteroatoms. The average molecular weight is 354 g/mol. The molecule has 0 saturated carbocycles. The zero-order valence-corrected chi connectivity index (χ0v) is 14.6. The minimum absolute atomic E-state index is 0.0621. The molecule has 1 aromatic heterocycles. The number of rotatable bonds is 7. The van der Waals surface area contributed by atoms with Crippen LogP contribution in [0.5, 0.6) is 5.75 Å². The molecule has 0 unspecified atom stereocenters. The Morgan fingerprint density at radius 3 is 2.68 bits per heavy atom. The van der Waals surface area contributed by atoms with Gasteiger partial charge in [-0.25, -0.2) is 4.79 Å². The maximum atomic E-state index is 11.3. The van der Waals surface area contributed by atoms with Gasteiger partial charge in [-0.1, -0.05) is 36.4 Å². The van der Waals surface area contributed by atoms with Crippen molar-refractivity contribution in [3.63, 3.8) is 0 Å². The molecule has 0 aliphatic heterocycles. The molecule has 0 atom stereocenters. The maximum Gasteiger partial charge on any atom is 0.371 e. The molecule has 3 rings (SSSR count). The summed E-state index contributed by atoms with van der Waals surface area (Å²) in [6.45, 7) is 2.56. The topological polar surface area (TPSA) is 55.8 Å². The van der Waals surface area contributed by atoms with E-state index >= 15 is 0 Å². The van der Waals surface area contributed by atoms with Gasteiger partial charge in [0.15, 0.2) is 0 Å². The normalized spacial score (nSPS) is 11.5. The van der Waals surface area contributed by atoms with Crippen LogP contribution < -0.4 is 4.74 Å². The molecule has 0 aliphatic carbocycles. The highest BCUT2D eigenvalue weighted by molar-refractivity contribution is 7.17. The molecule has 0 saturated heterocycles. The van der Waals surface area contributed by atoms with E-state index in [1.54, 1.807) is 24.3 Å². The summed E-state index contributed by atoms with van der Waals surface area (Å²) in [5, 5.41) is 12.2. The van der Waals surface area contributed by atoms with Gasteiger partial charge in [0.1, 0.15) is 12.4 Å². The summed E-state index contributed by atoms with van der Waals surface area (Å²) in [6.07, 6.45) is 1.56. The Morgan fingerprint density at radius 2 is 1.96 bits per heavy atom. The van der Waals surface area contributed by atoms with Crippen LogP contribution in [0.15, 0.2) is 59.7 Å². The van der Waals surface area contributed by atoms with Gasteiger partial charge in [0.05, 0.1) is 11.3 Å². The summed E-state index contributed by atoms with van der Waals surface area (Å²) in [7, 11) is 0. The minimum Gasteiger partial charge on any atom is -0.487 e. The highest BCUT2D eigenvalue weighted by atomic mass is 32.1. The third-order valence-electron chi connectivity index (χ3n) is 3.65. The van der Waals surface area contributed by atoms with E-state index in [1.165, 1.54) is 0 Å². The minimum atomic E-state index is -1.07. The number of aliphatic carboxylic acids is 1. The summed E-state index contributed by atoms with van der Waals surface area (Å²) in [6, 6.07) is 15.7. The van der Waals surface area contributed by atoms with Crippen LogP contribution in [-0.2, 0) is 16.1 Å². The van der Waals surface area contributed by atoms with Crippen LogP contribution in [0.1, 0.15) is 18.1 Å². The van der Waals surface area contributed by atoms with E-state index in [2.05, 4.69) is 0 Å². The van der Waals surface area contributed by atoms with Crippen LogP contribution in [0.25, 0.3) is 16.2 Å². The standard InChI is InChI=1S/C20H18O4S/c1-2-23-18(20(21)22)12-15-8-9-17(19-16(15)10-11-25-19)24-13-14-6-4-3-5-7-14/h3-12H,2,13H2,1H3,(H,21,22)/b18-12-. The van der Waals surface area contributed by atoms with Crippen molar-refractivity contribution in [2.45, 2.75) is 13.5 Å². The van der Waals surface area contributed by atoms with E-state index in [1.807, 2.05) is 53.9 Å². The zero-order valence-electron chi connectivity index (χ0n) is 13.8. The number of fused-ring (bicyclic) bond motifs is 1. The molecular formula is C20H18O4S. The number of benzene rings is 2. The van der Waals surface area contributed by atoms with Gasteiger partial charge in [-0.15, -0.1) is 11.3 Å². The van der Waals surface area contributed by atoms with E-state index in [0.29, 0.717) is 13.2 Å². The highest BCUT2D eigenvalue weighted by Gasteiger charge is 2.12. The van der Waals surface area contributed by atoms with Crippen LogP contribution in [0, 0.1) is 0 Å². The summed E-state index contributed by atoms with van der Waals surface area (Å²) in [4.78, 5) is 11.3. The Bertz CT molecular complexity index is 896. The zero-order chi connectivity index (χ0) is 17.6. The molecule has 1 N–H and O–H groups in total. The molecule has 4 nitrogen and oxygen atoms in total. The smallest absolute Gasteiger partial charge is 0.371 e. The number of ether oxygens (including phenoxy) is 2. The van der Waals surface area contributed by atoms with Crippen LogP contribution in [-0.4, -0.2) is 17.7 Å². The first-order valence-corrected chi connectivity index (χ1v) is 8.81. The number of hydrogen-bond donors (Lipinski definition) is 1. The molecule has 2 aromatic carbocycles. The number of carbonyl (C=O) groups is 1. The van der Waals surface area contributed by atoms with Crippen molar-refractivity contribution in [1.29, 1.82) is 0 Å². The first-order valence-electron chi connectivity index (χ1n) is 7.93. The first-order chi connectivity index (χ1) is 12.2. The third kappa shape index (κ3) is 4.00. The Labute approximate surface area is 149 Å². The largest absolute Gasteiger partial charge is 0.487 e. The van der Waals surface area contributed by atoms with Crippen molar-refractivity contribution < 1.29 is 19.4 Å². The van der Waals surface area contributed by atoms with E-state index in [9.17, 15) is 9.90 Å². The number of carboxylic acid groups (broad SMARTS) is 1. The Morgan fingerprint density at radius 1 is 1.16 bits per heavy atom. The second kappa shape index (κ2) is 7.85. The summed E-state index contributed by atoms with van der Waals surface area (Å²) >= 11 is 1.57. The molecule has 128 valence electrons. The van der Waals surface area contributed by atoms with Crippen LogP contribution in [0.4, 0.5) is 0 Å². The summed E-state index contributed by atoms with van der Waals surface area (Å²) in [5.74, 6) is -0.345. The summed E-state index contributed by atoms with van der Waals surface area (Å²) < 4.78 is 12.2. The molecule has 0 radical (unpaired) electrons. The van der Waals surface area contributed by atoms with Crippen LogP contribution >= 0.6 is 11.3 Å². The van der Waals surface area contributed by atoms with Crippen LogP contribution in [0.3, 0.4) is 0 Å². The molecule has 1 heterocycles. The molecule has 0 amide bonds. The molecule has 25 heavy (non-hydrogen) atoms. The van der Waals surface area contributed by atoms with Gasteiger partial charge < -0.3 is 14.6 Å². The lowest BCUT2D eigenvalue weighted by atomic mass is 10.1. The Balaban J connectivity index is 1.90. The first kappa shape index (κ1) is 17.0. The fourth-order valence-electron chi connectivity index (χ4n) is 2.50. The highest BCUT2D eigenvalue weighted by Crippen LogP contribution is 2.34. The second-order valence-corrected chi connectivity index (χ2v) is 6.25. The second-order valence-electron chi connectivity index (χ2n) is 5.34. The molecular weight excluding hydrogens is 336 g/mol. The molecule has 3 aromatic rings. The fourth-order valence-corrected chi connectivity index (χ4v) is 3.39. The van der Waals surface area contributed by atoms with Crippen LogP contribution in [0.2, 0.25) is 0 Å². The van der Waals surface area contributed by atoms with Crippen molar-refractivity contribution in [1.82, 2.24) is 0 Å². The number of carboxylic acids is 1. The molecule has 0 bridgehead atoms. The van der Waals surface area contributed by atoms with Crippen molar-refractivity contribution in [2.75, 3.05) is 6.61 Å². The molecule has 0 aliphatic rings. The predicted molar refractivity (Wildman–Crippen MR) is 99.8 cm³/mol. The summed E-state index contributed by atoms with van der Waals surface area (Å²) in [5.41, 5.74) is 1.90. The van der Waals surface area contributed by atoms with Crippen molar-refractivity contribution in [3.8, 4) is 5.75 Å². The monoisotopic (exact) mass is 354 g/mol. The van der Waals surface area contributed by atoms with Crippen molar-refractivity contribution in [3.05, 3.63) is 70.8 Å². The van der Waals surface area contributed by atoms with Gasteiger partial charge in [-0.2, -0.15) is 0 Å². The molecule has 0 fully saturated rings. The average Bonchev–Trinajstić information content (AvgIpc) is 3.11. The lowest BCUT2D eigenvalue weighted by molar-refractivity contribution is -0.136. The van der Waals surface area contributed by atoms with Gasteiger partial charge in [0, 0.05) is 5.39 Å². The quantitative estimate of drug-likeness (QED) is 0.482. The Kier molecular flexibility index (Phi) is 5.36. The lowest BCUT2D eigenvalue weighted by Crippen LogP contribution is -2.04. The Hall–Kier alpha value is -2.79. The van der Waals surface area contributed by atoms with Gasteiger partial charge >= 0.3 is 5.97 Å². The third-order valence-corrected chi connectivity index (χ3v) is 4.58. The lowest BCUT2D eigenvalue weighted by Gasteiger charge is -2.09. The van der Waals surface area contributed by atoms with E-state index in [-0.39, 0.29) is 5.76 Å². The SMILES string of the molecule is CCO/C(=C\c1ccc(OCc2ccccc2)c2sccc12)C(=O)O. The van der Waals surface area contributed by atoms with E-state index in [4.69, 9.17) is 9.47 Å². The maximum absolute atomic E-state index is 11.3. The van der Waals surface area contributed by atoms with Gasteiger partial charge in [-0.05, 0) is 41.6 Å². The van der Waals surface area contributed by atoms with Gasteiger partial charge in [-0.3, -0.25) is 0 Å². The number of hydrogen-bond acceptors (Lipinski definition) is 4. The van der Waals surface area contributed by atoms with Gasteiger partial charge in [0.2, 0.25) is 5.76 Å². The van der Waals surface area contributed by atoms with E-state index < -0.39 is 5.97 Å². The number of thiophene rings is 1. The van der Waals surface area contributed by atoms with E-state index in [0.717, 1.165) is 27.0 Å². The fraction of sp³-hybridized carbons (Fsp3) is 0.150. The predicted octanol–water partition coefficient (Wildman–Crippen LogP) is 4.94. The molecule has 0 spiro atoms. The van der Waals surface area contributed by atoms with Gasteiger partial charge in [0.25, 0.3) is 0 Å². The van der Waals surface area contributed by atoms with Crippen molar-refractivity contribution >= 4 is 33.5 Å². The van der Waals surface area contributed by atoms with Crippen molar-refractivity contribution in [2.24, 2.45) is 0 Å².